The average Bonchev–Trinajstić information content (AvgIpc) is 3.04. The van der Waals surface area contributed by atoms with E-state index in [-0.39, 0.29) is 5.89 Å². The van der Waals surface area contributed by atoms with Crippen molar-refractivity contribution in [2.75, 3.05) is 18.0 Å². The minimum absolute atomic E-state index is 0.258. The number of nitrogens with zero attached hydrogens (tertiary/aromatic N) is 3. The second kappa shape index (κ2) is 6.46. The molecular weight excluding hydrogens is 284 g/mol. The molecule has 1 atom stereocenters. The molecule has 1 amide bonds. The first-order valence-electron chi connectivity index (χ1n) is 7.37. The third-order valence-electron chi connectivity index (χ3n) is 3.72. The Hall–Kier alpha value is -2.57. The van der Waals surface area contributed by atoms with Gasteiger partial charge in [-0.05, 0) is 30.0 Å². The van der Waals surface area contributed by atoms with E-state index >= 15 is 0 Å². The summed E-state index contributed by atoms with van der Waals surface area (Å²) in [6.45, 7) is 1.81. The topological polar surface area (TPSA) is 91.5 Å². The molecule has 1 fully saturated rings. The van der Waals surface area contributed by atoms with Crippen LogP contribution in [0.3, 0.4) is 0 Å². The number of rotatable bonds is 4. The quantitative estimate of drug-likeness (QED) is 0.901. The summed E-state index contributed by atoms with van der Waals surface area (Å²) in [6, 6.07) is 8.54. The number of carboxylic acid groups (broad SMARTS) is 1. The van der Waals surface area contributed by atoms with Gasteiger partial charge in [-0.15, -0.1) is 0 Å². The number of nitrogens with one attached hydrogen (secondary N) is 1. The number of aromatic nitrogens is 2. The Morgan fingerprint density at radius 1 is 1.23 bits per heavy atom. The highest BCUT2D eigenvalue weighted by molar-refractivity contribution is 5.65. The molecule has 3 rings (SSSR count). The maximum Gasteiger partial charge on any atom is 0.405 e. The number of carbonyl (C=O) groups is 1. The molecule has 1 aliphatic rings. The Bertz CT molecular complexity index is 623. The summed E-state index contributed by atoms with van der Waals surface area (Å²) < 4.78 is 5.31. The monoisotopic (exact) mass is 302 g/mol. The number of hydrogen-bond donors (Lipinski definition) is 2. The molecule has 2 heterocycles. The molecule has 0 bridgehead atoms. The smallest absolute Gasteiger partial charge is 0.405 e. The minimum atomic E-state index is -1.13. The van der Waals surface area contributed by atoms with Gasteiger partial charge in [-0.3, -0.25) is 0 Å². The average molecular weight is 302 g/mol. The molecule has 7 nitrogen and oxygen atoms in total. The van der Waals surface area contributed by atoms with E-state index in [1.165, 1.54) is 6.42 Å². The highest BCUT2D eigenvalue weighted by Gasteiger charge is 2.25. The van der Waals surface area contributed by atoms with E-state index < -0.39 is 12.1 Å². The van der Waals surface area contributed by atoms with Crippen LogP contribution in [0, 0.1) is 0 Å². The minimum Gasteiger partial charge on any atom is -0.465 e. The summed E-state index contributed by atoms with van der Waals surface area (Å²) in [6.07, 6.45) is 2.30. The van der Waals surface area contributed by atoms with Crippen LogP contribution >= 0.6 is 0 Å². The van der Waals surface area contributed by atoms with Crippen molar-refractivity contribution in [2.45, 2.75) is 25.3 Å². The number of anilines is 1. The number of hydrogen-bond acceptors (Lipinski definition) is 5. The molecule has 0 spiro atoms. The van der Waals surface area contributed by atoms with E-state index in [1.54, 1.807) is 0 Å². The largest absolute Gasteiger partial charge is 0.465 e. The van der Waals surface area contributed by atoms with Gasteiger partial charge in [0.2, 0.25) is 0 Å². The Morgan fingerprint density at radius 3 is 2.64 bits per heavy atom. The fourth-order valence-electron chi connectivity index (χ4n) is 2.62. The van der Waals surface area contributed by atoms with Crippen molar-refractivity contribution in [1.82, 2.24) is 15.5 Å². The molecule has 1 aromatic heterocycles. The third-order valence-corrected chi connectivity index (χ3v) is 3.72. The highest BCUT2D eigenvalue weighted by Crippen LogP contribution is 2.23. The molecule has 1 aromatic carbocycles. The molecule has 116 valence electrons. The van der Waals surface area contributed by atoms with Gasteiger partial charge in [0.25, 0.3) is 11.8 Å². The summed E-state index contributed by atoms with van der Waals surface area (Å²) in [5.41, 5.74) is 0.763. The molecule has 1 aliphatic heterocycles. The summed E-state index contributed by atoms with van der Waals surface area (Å²) in [4.78, 5) is 17.5. The zero-order chi connectivity index (χ0) is 15.4. The van der Waals surface area contributed by atoms with Crippen LogP contribution in [0.4, 0.5) is 10.7 Å². The van der Waals surface area contributed by atoms with Crippen molar-refractivity contribution >= 4 is 12.0 Å². The van der Waals surface area contributed by atoms with Crippen LogP contribution in [0.15, 0.2) is 34.9 Å². The zero-order valence-corrected chi connectivity index (χ0v) is 12.1. The van der Waals surface area contributed by atoms with Gasteiger partial charge in [0.15, 0.2) is 0 Å². The number of piperidine rings is 1. The van der Waals surface area contributed by atoms with Crippen LogP contribution in [0.5, 0.6) is 0 Å². The lowest BCUT2D eigenvalue weighted by atomic mass is 10.1. The Kier molecular flexibility index (Phi) is 4.22. The molecule has 7 heteroatoms. The normalized spacial score (nSPS) is 16.3. The predicted molar refractivity (Wildman–Crippen MR) is 79.8 cm³/mol. The summed E-state index contributed by atoms with van der Waals surface area (Å²) >= 11 is 0. The van der Waals surface area contributed by atoms with E-state index in [9.17, 15) is 4.79 Å². The van der Waals surface area contributed by atoms with E-state index in [0.29, 0.717) is 5.95 Å². The standard InChI is InChI=1S/C15H18N4O3/c20-15(21)16-12(11-7-3-1-4-8-11)13-17-14(18-22-13)19-9-5-2-6-10-19/h1,3-4,7-8,12,16H,2,5-6,9-10H2,(H,20,21). The lowest BCUT2D eigenvalue weighted by molar-refractivity contribution is 0.189. The van der Waals surface area contributed by atoms with E-state index in [1.807, 2.05) is 30.3 Å². The van der Waals surface area contributed by atoms with E-state index in [0.717, 1.165) is 31.5 Å². The van der Waals surface area contributed by atoms with Gasteiger partial charge in [-0.1, -0.05) is 30.3 Å². The molecule has 1 saturated heterocycles. The van der Waals surface area contributed by atoms with Gasteiger partial charge in [-0.25, -0.2) is 4.79 Å². The number of amides is 1. The van der Waals surface area contributed by atoms with Gasteiger partial charge in [-0.2, -0.15) is 4.98 Å². The van der Waals surface area contributed by atoms with Gasteiger partial charge in [0.05, 0.1) is 0 Å². The Labute approximate surface area is 127 Å². The van der Waals surface area contributed by atoms with Crippen LogP contribution < -0.4 is 10.2 Å². The summed E-state index contributed by atoms with van der Waals surface area (Å²) in [5, 5.41) is 15.5. The molecule has 22 heavy (non-hydrogen) atoms. The molecule has 0 saturated carbocycles. The first kappa shape index (κ1) is 14.4. The molecule has 0 aliphatic carbocycles. The van der Waals surface area contributed by atoms with Crippen molar-refractivity contribution in [2.24, 2.45) is 0 Å². The van der Waals surface area contributed by atoms with Crippen LogP contribution in [0.1, 0.15) is 36.8 Å². The van der Waals surface area contributed by atoms with E-state index in [2.05, 4.69) is 20.4 Å². The van der Waals surface area contributed by atoms with Gasteiger partial charge in [0.1, 0.15) is 6.04 Å². The number of benzene rings is 1. The van der Waals surface area contributed by atoms with Crippen molar-refractivity contribution in [1.29, 1.82) is 0 Å². The van der Waals surface area contributed by atoms with Crippen LogP contribution in [-0.4, -0.2) is 34.4 Å². The molecular formula is C15H18N4O3. The maximum absolute atomic E-state index is 11.1. The van der Waals surface area contributed by atoms with Crippen LogP contribution in [0.2, 0.25) is 0 Å². The third kappa shape index (κ3) is 3.19. The van der Waals surface area contributed by atoms with Gasteiger partial charge in [0, 0.05) is 13.1 Å². The van der Waals surface area contributed by atoms with E-state index in [4.69, 9.17) is 9.63 Å². The van der Waals surface area contributed by atoms with Crippen molar-refractivity contribution in [3.8, 4) is 0 Å². The highest BCUT2D eigenvalue weighted by atomic mass is 16.5. The van der Waals surface area contributed by atoms with Gasteiger partial charge < -0.3 is 19.8 Å². The molecule has 0 radical (unpaired) electrons. The first-order chi connectivity index (χ1) is 10.7. The van der Waals surface area contributed by atoms with Gasteiger partial charge >= 0.3 is 6.09 Å². The lowest BCUT2D eigenvalue weighted by Gasteiger charge is -2.24. The maximum atomic E-state index is 11.1. The van der Waals surface area contributed by atoms with Crippen LogP contribution in [-0.2, 0) is 0 Å². The second-order valence-corrected chi connectivity index (χ2v) is 5.27. The van der Waals surface area contributed by atoms with Crippen molar-refractivity contribution in [3.05, 3.63) is 41.8 Å². The molecule has 2 aromatic rings. The fourth-order valence-corrected chi connectivity index (χ4v) is 2.62. The lowest BCUT2D eigenvalue weighted by Crippen LogP contribution is -2.30. The first-order valence-corrected chi connectivity index (χ1v) is 7.37. The Balaban J connectivity index is 1.85. The fraction of sp³-hybridized carbons (Fsp3) is 0.400. The zero-order valence-electron chi connectivity index (χ0n) is 12.1. The SMILES string of the molecule is O=C(O)NC(c1ccccc1)c1nc(N2CCCCC2)no1. The van der Waals surface area contributed by atoms with Crippen molar-refractivity contribution < 1.29 is 14.4 Å². The second-order valence-electron chi connectivity index (χ2n) is 5.27. The Morgan fingerprint density at radius 2 is 1.95 bits per heavy atom. The predicted octanol–water partition coefficient (Wildman–Crippen LogP) is 2.42. The molecule has 1 unspecified atom stereocenters. The van der Waals surface area contributed by atoms with Crippen LogP contribution in [0.25, 0.3) is 0 Å². The molecule has 2 N–H and O–H groups in total. The summed E-state index contributed by atoms with van der Waals surface area (Å²) in [7, 11) is 0. The van der Waals surface area contributed by atoms with Crippen molar-refractivity contribution in [3.63, 3.8) is 0 Å². The summed E-state index contributed by atoms with van der Waals surface area (Å²) in [5.74, 6) is 0.789.